The van der Waals surface area contributed by atoms with E-state index in [-0.39, 0.29) is 11.8 Å². The molecule has 0 aliphatic carbocycles. The lowest BCUT2D eigenvalue weighted by molar-refractivity contribution is -0.145. The fraction of sp³-hybridized carbons (Fsp3) is 0.744. The number of hydrogen-bond acceptors (Lipinski definition) is 4. The van der Waals surface area contributed by atoms with Gasteiger partial charge in [0.05, 0.1) is 7.11 Å². The Hall–Kier alpha value is -2.63. The molecule has 0 bridgehead atoms. The normalized spacial score (nSPS) is 12.5. The van der Waals surface area contributed by atoms with Crippen molar-refractivity contribution in [3.05, 3.63) is 48.6 Å². The molecule has 0 aromatic rings. The summed E-state index contributed by atoms with van der Waals surface area (Å²) >= 11 is 0. The average molecular weight is 685 g/mol. The number of rotatable bonds is 35. The van der Waals surface area contributed by atoms with Crippen LogP contribution >= 0.6 is 0 Å². The number of carbonyl (C=O) groups is 3. The molecule has 0 aliphatic rings. The van der Waals surface area contributed by atoms with Crippen LogP contribution in [-0.2, 0) is 19.1 Å². The van der Waals surface area contributed by atoms with Gasteiger partial charge in [0.2, 0.25) is 11.8 Å². The molecule has 0 unspecified atom stereocenters. The standard InChI is InChI=1S/C43H76N2O4/c1-4-6-8-10-12-14-16-18-20-22-24-26-28-30-32-37-41(46)44-39-35-34-36-40(43(48)49-3)45-42(47)38-33-31-29-27-25-23-21-19-17-15-13-11-9-7-5-2/h12-15,18-21,40H,4-11,16-17,22-39H2,1-3H3,(H,44,46)(H,45,47)/b14-12-,15-13-,20-18-,21-19-/t40-/m0/s1. The quantitative estimate of drug-likeness (QED) is 0.0395. The molecule has 2 amide bonds. The molecule has 0 rings (SSSR count). The van der Waals surface area contributed by atoms with Gasteiger partial charge in [-0.1, -0.05) is 127 Å². The first-order valence-corrected chi connectivity index (χ1v) is 20.3. The average Bonchev–Trinajstić information content (AvgIpc) is 3.10. The van der Waals surface area contributed by atoms with E-state index >= 15 is 0 Å². The number of methoxy groups -OCH3 is 1. The van der Waals surface area contributed by atoms with Gasteiger partial charge in [-0.15, -0.1) is 0 Å². The third kappa shape index (κ3) is 35.0. The monoisotopic (exact) mass is 685 g/mol. The third-order valence-electron chi connectivity index (χ3n) is 8.77. The molecule has 49 heavy (non-hydrogen) atoms. The van der Waals surface area contributed by atoms with Gasteiger partial charge >= 0.3 is 5.97 Å². The summed E-state index contributed by atoms with van der Waals surface area (Å²) in [5, 5.41) is 5.86. The van der Waals surface area contributed by atoms with E-state index in [1.807, 2.05) is 0 Å². The number of nitrogens with one attached hydrogen (secondary N) is 2. The van der Waals surface area contributed by atoms with Crippen LogP contribution in [0.5, 0.6) is 0 Å². The summed E-state index contributed by atoms with van der Waals surface area (Å²) < 4.78 is 4.92. The van der Waals surface area contributed by atoms with Gasteiger partial charge in [0.25, 0.3) is 0 Å². The molecule has 0 aromatic carbocycles. The lowest BCUT2D eigenvalue weighted by Gasteiger charge is -2.16. The smallest absolute Gasteiger partial charge is 0.328 e. The van der Waals surface area contributed by atoms with Crippen molar-refractivity contribution in [1.82, 2.24) is 10.6 Å². The largest absolute Gasteiger partial charge is 0.467 e. The molecule has 6 heteroatoms. The maximum Gasteiger partial charge on any atom is 0.328 e. The van der Waals surface area contributed by atoms with E-state index < -0.39 is 12.0 Å². The first-order valence-electron chi connectivity index (χ1n) is 20.3. The molecule has 0 fully saturated rings. The van der Waals surface area contributed by atoms with Gasteiger partial charge in [-0.05, 0) is 96.3 Å². The predicted octanol–water partition coefficient (Wildman–Crippen LogP) is 11.6. The number of esters is 1. The van der Waals surface area contributed by atoms with Crippen molar-refractivity contribution in [2.24, 2.45) is 0 Å². The van der Waals surface area contributed by atoms with Crippen LogP contribution in [0.2, 0.25) is 0 Å². The number of hydrogen-bond donors (Lipinski definition) is 2. The van der Waals surface area contributed by atoms with Crippen LogP contribution in [0.15, 0.2) is 48.6 Å². The van der Waals surface area contributed by atoms with Crippen LogP contribution in [0.1, 0.15) is 187 Å². The highest BCUT2D eigenvalue weighted by Crippen LogP contribution is 2.11. The molecule has 0 radical (unpaired) electrons. The van der Waals surface area contributed by atoms with Crippen molar-refractivity contribution >= 4 is 17.8 Å². The fourth-order valence-corrected chi connectivity index (χ4v) is 5.64. The summed E-state index contributed by atoms with van der Waals surface area (Å²) in [6.45, 7) is 5.07. The predicted molar refractivity (Wildman–Crippen MR) is 210 cm³/mol. The Labute approximate surface area is 302 Å². The zero-order valence-electron chi connectivity index (χ0n) is 32.1. The fourth-order valence-electron chi connectivity index (χ4n) is 5.64. The highest BCUT2D eigenvalue weighted by atomic mass is 16.5. The number of unbranched alkanes of at least 4 members (excludes halogenated alkanes) is 17. The third-order valence-corrected chi connectivity index (χ3v) is 8.77. The second-order valence-corrected chi connectivity index (χ2v) is 13.5. The zero-order chi connectivity index (χ0) is 35.9. The minimum Gasteiger partial charge on any atom is -0.467 e. The van der Waals surface area contributed by atoms with Crippen molar-refractivity contribution in [3.63, 3.8) is 0 Å². The number of amides is 2. The van der Waals surface area contributed by atoms with Crippen molar-refractivity contribution < 1.29 is 19.1 Å². The maximum absolute atomic E-state index is 12.5. The zero-order valence-corrected chi connectivity index (χ0v) is 32.1. The Morgan fingerprint density at radius 3 is 1.41 bits per heavy atom. The van der Waals surface area contributed by atoms with Gasteiger partial charge in [-0.3, -0.25) is 9.59 Å². The van der Waals surface area contributed by atoms with E-state index in [0.29, 0.717) is 25.8 Å². The molecule has 282 valence electrons. The number of ether oxygens (including phenoxy) is 1. The Morgan fingerprint density at radius 1 is 0.510 bits per heavy atom. The highest BCUT2D eigenvalue weighted by Gasteiger charge is 2.20. The molecule has 0 aromatic heterocycles. The molecule has 0 aliphatic heterocycles. The number of allylic oxidation sites excluding steroid dienone is 8. The summed E-state index contributed by atoms with van der Waals surface area (Å²) in [5.74, 6) is -0.397. The van der Waals surface area contributed by atoms with E-state index in [2.05, 4.69) is 73.1 Å². The SMILES string of the molecule is CCCCC/C=C\C/C=C\CCCCCCCC(=O)NCCCC[C@H](NC(=O)CCCCCCC/C=C\C/C=C\CCCCC)C(=O)OC. The van der Waals surface area contributed by atoms with Crippen LogP contribution in [0.25, 0.3) is 0 Å². The van der Waals surface area contributed by atoms with E-state index in [9.17, 15) is 14.4 Å². The Kier molecular flexibility index (Phi) is 36.1. The summed E-state index contributed by atoms with van der Waals surface area (Å²) in [6, 6.07) is -0.626. The minimum atomic E-state index is -0.626. The van der Waals surface area contributed by atoms with Gasteiger partial charge in [0.15, 0.2) is 0 Å². The molecule has 1 atom stereocenters. The summed E-state index contributed by atoms with van der Waals surface area (Å²) in [4.78, 5) is 36.9. The molecular formula is C43H76N2O4. The molecular weight excluding hydrogens is 608 g/mol. The van der Waals surface area contributed by atoms with Crippen molar-refractivity contribution in [1.29, 1.82) is 0 Å². The van der Waals surface area contributed by atoms with Crippen molar-refractivity contribution in [2.45, 2.75) is 193 Å². The lowest BCUT2D eigenvalue weighted by atomic mass is 10.1. The van der Waals surface area contributed by atoms with Crippen LogP contribution in [0, 0.1) is 0 Å². The molecule has 0 saturated heterocycles. The van der Waals surface area contributed by atoms with E-state index in [1.54, 1.807) is 0 Å². The van der Waals surface area contributed by atoms with E-state index in [0.717, 1.165) is 70.6 Å². The van der Waals surface area contributed by atoms with Crippen LogP contribution in [-0.4, -0.2) is 37.5 Å². The molecule has 0 saturated carbocycles. The highest BCUT2D eigenvalue weighted by molar-refractivity contribution is 5.84. The Bertz CT molecular complexity index is 892. The maximum atomic E-state index is 12.5. The van der Waals surface area contributed by atoms with E-state index in [1.165, 1.54) is 90.6 Å². The van der Waals surface area contributed by atoms with Crippen molar-refractivity contribution in [3.8, 4) is 0 Å². The van der Waals surface area contributed by atoms with Gasteiger partial charge in [0, 0.05) is 19.4 Å². The van der Waals surface area contributed by atoms with Gasteiger partial charge in [0.1, 0.15) is 6.04 Å². The minimum absolute atomic E-state index is 0.0910. The van der Waals surface area contributed by atoms with Crippen molar-refractivity contribution in [2.75, 3.05) is 13.7 Å². The summed E-state index contributed by atoms with van der Waals surface area (Å²) in [6.07, 6.45) is 46.8. The first-order chi connectivity index (χ1) is 24.0. The molecule has 6 nitrogen and oxygen atoms in total. The lowest BCUT2D eigenvalue weighted by Crippen LogP contribution is -2.41. The summed E-state index contributed by atoms with van der Waals surface area (Å²) in [7, 11) is 1.36. The van der Waals surface area contributed by atoms with Crippen LogP contribution in [0.4, 0.5) is 0 Å². The summed E-state index contributed by atoms with van der Waals surface area (Å²) in [5.41, 5.74) is 0. The molecule has 0 heterocycles. The van der Waals surface area contributed by atoms with Crippen LogP contribution < -0.4 is 10.6 Å². The topological polar surface area (TPSA) is 84.5 Å². The first kappa shape index (κ1) is 46.4. The van der Waals surface area contributed by atoms with Gasteiger partial charge in [-0.25, -0.2) is 4.79 Å². The van der Waals surface area contributed by atoms with Crippen LogP contribution in [0.3, 0.4) is 0 Å². The number of carbonyl (C=O) groups excluding carboxylic acids is 3. The Balaban J connectivity index is 3.79. The second kappa shape index (κ2) is 38.2. The van der Waals surface area contributed by atoms with Gasteiger partial charge in [-0.2, -0.15) is 0 Å². The molecule has 2 N–H and O–H groups in total. The Morgan fingerprint density at radius 2 is 0.939 bits per heavy atom. The van der Waals surface area contributed by atoms with Gasteiger partial charge < -0.3 is 15.4 Å². The molecule has 0 spiro atoms. The second-order valence-electron chi connectivity index (χ2n) is 13.5. The van der Waals surface area contributed by atoms with E-state index in [4.69, 9.17) is 4.74 Å².